The summed E-state index contributed by atoms with van der Waals surface area (Å²) in [7, 11) is -2.39. The average molecular weight is 366 g/mol. The van der Waals surface area contributed by atoms with Crippen molar-refractivity contribution in [3.05, 3.63) is 51.9 Å². The zero-order valence-corrected chi connectivity index (χ0v) is 14.8. The van der Waals surface area contributed by atoms with Gasteiger partial charge < -0.3 is 10.4 Å². The molecule has 1 aromatic heterocycles. The summed E-state index contributed by atoms with van der Waals surface area (Å²) in [6, 6.07) is 9.23. The normalized spacial score (nSPS) is 14.6. The van der Waals surface area contributed by atoms with E-state index < -0.39 is 16.0 Å². The van der Waals surface area contributed by atoms with Crippen LogP contribution in [-0.4, -0.2) is 37.4 Å². The van der Waals surface area contributed by atoms with Crippen molar-refractivity contribution in [1.29, 1.82) is 0 Å². The monoisotopic (exact) mass is 366 g/mol. The number of benzene rings is 1. The highest BCUT2D eigenvalue weighted by molar-refractivity contribution is 7.91. The number of sulfonamides is 1. The van der Waals surface area contributed by atoms with Gasteiger partial charge in [-0.2, -0.15) is 4.31 Å². The van der Waals surface area contributed by atoms with Gasteiger partial charge in [-0.15, -0.1) is 11.3 Å². The van der Waals surface area contributed by atoms with E-state index in [0.29, 0.717) is 25.1 Å². The van der Waals surface area contributed by atoms with Gasteiger partial charge in [0.2, 0.25) is 0 Å². The number of nitrogens with zero attached hydrogens (tertiary/aromatic N) is 1. The van der Waals surface area contributed by atoms with E-state index >= 15 is 0 Å². The van der Waals surface area contributed by atoms with Crippen LogP contribution in [0.5, 0.6) is 0 Å². The Hall–Kier alpha value is -1.74. The second kappa shape index (κ2) is 6.64. The number of fused-ring (bicyclic) bond motifs is 1. The Balaban J connectivity index is 2.00. The maximum Gasteiger partial charge on any atom is 0.338 e. The lowest BCUT2D eigenvalue weighted by Gasteiger charge is -2.17. The molecular weight excluding hydrogens is 348 g/mol. The molecule has 128 valence electrons. The van der Waals surface area contributed by atoms with Gasteiger partial charge >= 0.3 is 5.97 Å². The number of hydrogen-bond donors (Lipinski definition) is 2. The Morgan fingerprint density at radius 3 is 2.71 bits per heavy atom. The Morgan fingerprint density at radius 1 is 1.33 bits per heavy atom. The van der Waals surface area contributed by atoms with Gasteiger partial charge in [0.25, 0.3) is 10.0 Å². The lowest BCUT2D eigenvalue weighted by atomic mass is 10.1. The second-order valence-electron chi connectivity index (χ2n) is 5.64. The molecule has 0 fully saturated rings. The quantitative estimate of drug-likeness (QED) is 0.844. The van der Waals surface area contributed by atoms with Gasteiger partial charge in [-0.1, -0.05) is 30.3 Å². The molecule has 8 heteroatoms. The zero-order valence-electron chi connectivity index (χ0n) is 13.2. The number of carboxylic acid groups (broad SMARTS) is 1. The highest BCUT2D eigenvalue weighted by Gasteiger charge is 2.34. The summed E-state index contributed by atoms with van der Waals surface area (Å²) in [6.45, 7) is 1.37. The van der Waals surface area contributed by atoms with E-state index in [1.807, 2.05) is 30.3 Å². The van der Waals surface area contributed by atoms with Gasteiger partial charge in [0.15, 0.2) is 0 Å². The molecule has 0 aliphatic carbocycles. The molecule has 0 saturated carbocycles. The summed E-state index contributed by atoms with van der Waals surface area (Å²) in [5.74, 6) is -1.18. The van der Waals surface area contributed by atoms with Crippen LogP contribution in [-0.2, 0) is 29.5 Å². The molecule has 6 nitrogen and oxygen atoms in total. The van der Waals surface area contributed by atoms with Crippen molar-refractivity contribution < 1.29 is 18.3 Å². The van der Waals surface area contributed by atoms with E-state index in [2.05, 4.69) is 5.32 Å². The molecule has 2 aromatic rings. The standard InChI is InChI=1S/C16H18N2O4S2/c1-18(10-11-5-3-2-4-6-11)24(21,22)16-14(15(19)20)12-7-8-17-9-13(12)23-16/h2-6,17H,7-10H2,1H3,(H,19,20). The van der Waals surface area contributed by atoms with E-state index in [4.69, 9.17) is 0 Å². The first-order chi connectivity index (χ1) is 11.4. The van der Waals surface area contributed by atoms with Crippen LogP contribution in [0.25, 0.3) is 0 Å². The van der Waals surface area contributed by atoms with Crippen LogP contribution in [0.4, 0.5) is 0 Å². The van der Waals surface area contributed by atoms with Gasteiger partial charge in [-0.3, -0.25) is 0 Å². The van der Waals surface area contributed by atoms with Crippen molar-refractivity contribution in [2.45, 2.75) is 23.7 Å². The number of carbonyl (C=O) groups is 1. The Bertz CT molecular complexity index is 860. The van der Waals surface area contributed by atoms with E-state index in [1.165, 1.54) is 11.4 Å². The largest absolute Gasteiger partial charge is 0.478 e. The molecule has 2 N–H and O–H groups in total. The van der Waals surface area contributed by atoms with Crippen LogP contribution < -0.4 is 5.32 Å². The van der Waals surface area contributed by atoms with E-state index in [1.54, 1.807) is 0 Å². The molecule has 0 saturated heterocycles. The Labute approximate surface area is 144 Å². The smallest absolute Gasteiger partial charge is 0.338 e. The van der Waals surface area contributed by atoms with Crippen molar-refractivity contribution >= 4 is 27.3 Å². The molecule has 2 heterocycles. The number of nitrogens with one attached hydrogen (secondary N) is 1. The van der Waals surface area contributed by atoms with Gasteiger partial charge in [-0.05, 0) is 24.1 Å². The second-order valence-corrected chi connectivity index (χ2v) is 8.99. The molecule has 0 bridgehead atoms. The van der Waals surface area contributed by atoms with Gasteiger partial charge in [0.05, 0.1) is 5.56 Å². The average Bonchev–Trinajstić information content (AvgIpc) is 2.96. The lowest BCUT2D eigenvalue weighted by molar-refractivity contribution is 0.0692. The van der Waals surface area contributed by atoms with Crippen molar-refractivity contribution in [2.24, 2.45) is 0 Å². The molecular formula is C16H18N2O4S2. The Morgan fingerprint density at radius 2 is 2.04 bits per heavy atom. The minimum atomic E-state index is -3.86. The number of rotatable bonds is 5. The molecule has 1 aliphatic heterocycles. The fourth-order valence-corrected chi connectivity index (χ4v) is 5.99. The van der Waals surface area contributed by atoms with Gasteiger partial charge in [0.1, 0.15) is 4.21 Å². The van der Waals surface area contributed by atoms with E-state index in [0.717, 1.165) is 21.8 Å². The third-order valence-corrected chi connectivity index (χ3v) is 7.53. The van der Waals surface area contributed by atoms with Gasteiger partial charge in [-0.25, -0.2) is 13.2 Å². The highest BCUT2D eigenvalue weighted by atomic mass is 32.2. The maximum atomic E-state index is 12.9. The van der Waals surface area contributed by atoms with Crippen LogP contribution in [0.1, 0.15) is 26.4 Å². The first kappa shape index (κ1) is 17.1. The summed E-state index contributed by atoms with van der Waals surface area (Å²) >= 11 is 1.06. The molecule has 0 unspecified atom stereocenters. The van der Waals surface area contributed by atoms with Crippen LogP contribution >= 0.6 is 11.3 Å². The predicted molar refractivity (Wildman–Crippen MR) is 91.8 cm³/mol. The molecule has 3 rings (SSSR count). The van der Waals surface area contributed by atoms with Gasteiger partial charge in [0, 0.05) is 25.0 Å². The molecule has 1 aromatic carbocycles. The molecule has 0 radical (unpaired) electrons. The van der Waals surface area contributed by atoms with Crippen molar-refractivity contribution in [3.63, 3.8) is 0 Å². The molecule has 0 atom stereocenters. The number of aromatic carboxylic acids is 1. The topological polar surface area (TPSA) is 86.7 Å². The number of carboxylic acids is 1. The van der Waals surface area contributed by atoms with E-state index in [9.17, 15) is 18.3 Å². The van der Waals surface area contributed by atoms with Crippen molar-refractivity contribution in [3.8, 4) is 0 Å². The summed E-state index contributed by atoms with van der Waals surface area (Å²) < 4.78 is 27.0. The predicted octanol–water partition coefficient (Wildman–Crippen LogP) is 1.91. The molecule has 1 aliphatic rings. The number of thiophene rings is 1. The fourth-order valence-electron chi connectivity index (χ4n) is 2.77. The van der Waals surface area contributed by atoms with Crippen LogP contribution in [0.3, 0.4) is 0 Å². The maximum absolute atomic E-state index is 12.9. The SMILES string of the molecule is CN(Cc1ccccc1)S(=O)(=O)c1sc2c(c1C(=O)O)CCNC2. The minimum Gasteiger partial charge on any atom is -0.478 e. The van der Waals surface area contributed by atoms with Crippen molar-refractivity contribution in [2.75, 3.05) is 13.6 Å². The summed E-state index contributed by atoms with van der Waals surface area (Å²) in [5, 5.41) is 12.7. The molecule has 0 spiro atoms. The van der Waals surface area contributed by atoms with Crippen LogP contribution in [0.15, 0.2) is 34.5 Å². The van der Waals surface area contributed by atoms with E-state index in [-0.39, 0.29) is 16.3 Å². The third kappa shape index (κ3) is 3.10. The van der Waals surface area contributed by atoms with Crippen molar-refractivity contribution in [1.82, 2.24) is 9.62 Å². The first-order valence-corrected chi connectivity index (χ1v) is 9.75. The Kier molecular flexibility index (Phi) is 4.73. The number of hydrogen-bond acceptors (Lipinski definition) is 5. The third-order valence-electron chi connectivity index (χ3n) is 4.00. The molecule has 0 amide bonds. The molecule has 24 heavy (non-hydrogen) atoms. The first-order valence-electron chi connectivity index (χ1n) is 7.50. The summed E-state index contributed by atoms with van der Waals surface area (Å²) in [4.78, 5) is 12.5. The van der Waals surface area contributed by atoms with Crippen LogP contribution in [0, 0.1) is 0 Å². The zero-order chi connectivity index (χ0) is 17.3. The minimum absolute atomic E-state index is 0.0589. The summed E-state index contributed by atoms with van der Waals surface area (Å²) in [6.07, 6.45) is 0.533. The lowest BCUT2D eigenvalue weighted by Crippen LogP contribution is -2.27. The highest BCUT2D eigenvalue weighted by Crippen LogP contribution is 2.36. The van der Waals surface area contributed by atoms with Crippen LogP contribution in [0.2, 0.25) is 0 Å². The summed E-state index contributed by atoms with van der Waals surface area (Å²) in [5.41, 5.74) is 1.44. The fraction of sp³-hybridized carbons (Fsp3) is 0.312.